The molecule has 2 aliphatic rings. The fourth-order valence-electron chi connectivity index (χ4n) is 5.82. The normalized spacial score (nSPS) is 18.6. The maximum atomic E-state index is 13.9. The number of hydrogen-bond acceptors (Lipinski definition) is 6. The number of benzene rings is 3. The Bertz CT molecular complexity index is 1490. The number of methoxy groups -OCH3 is 2. The van der Waals surface area contributed by atoms with Crippen molar-refractivity contribution in [1.29, 1.82) is 0 Å². The predicted molar refractivity (Wildman–Crippen MR) is 154 cm³/mol. The Labute approximate surface area is 235 Å². The van der Waals surface area contributed by atoms with E-state index in [-0.39, 0.29) is 18.3 Å². The van der Waals surface area contributed by atoms with Gasteiger partial charge in [0, 0.05) is 35.7 Å². The highest BCUT2D eigenvalue weighted by Crippen LogP contribution is 2.46. The molecule has 0 saturated heterocycles. The molecule has 2 atom stereocenters. The third-order valence-electron chi connectivity index (χ3n) is 7.77. The Morgan fingerprint density at radius 3 is 2.38 bits per heavy atom. The highest BCUT2D eigenvalue weighted by atomic mass is 16.5. The Morgan fingerprint density at radius 1 is 0.875 bits per heavy atom. The van der Waals surface area contributed by atoms with Gasteiger partial charge in [-0.15, -0.1) is 0 Å². The van der Waals surface area contributed by atoms with Crippen molar-refractivity contribution in [3.05, 3.63) is 118 Å². The van der Waals surface area contributed by atoms with E-state index in [4.69, 9.17) is 14.2 Å². The van der Waals surface area contributed by atoms with Crippen molar-refractivity contribution in [2.24, 2.45) is 0 Å². The molecule has 1 heterocycles. The minimum absolute atomic E-state index is 0.0242. The van der Waals surface area contributed by atoms with Crippen LogP contribution >= 0.6 is 0 Å². The van der Waals surface area contributed by atoms with Gasteiger partial charge in [0.05, 0.1) is 26.4 Å². The van der Waals surface area contributed by atoms with Crippen LogP contribution in [0.3, 0.4) is 0 Å². The first-order valence-corrected chi connectivity index (χ1v) is 13.6. The van der Waals surface area contributed by atoms with E-state index < -0.39 is 11.9 Å². The second kappa shape index (κ2) is 11.8. The van der Waals surface area contributed by atoms with Gasteiger partial charge in [-0.3, -0.25) is 4.79 Å². The Hall–Kier alpha value is -4.32. The van der Waals surface area contributed by atoms with Crippen LogP contribution < -0.4 is 14.8 Å². The van der Waals surface area contributed by atoms with Crippen molar-refractivity contribution >= 4 is 11.8 Å². The van der Waals surface area contributed by atoms with E-state index >= 15 is 0 Å². The van der Waals surface area contributed by atoms with Gasteiger partial charge in [0.15, 0.2) is 17.3 Å². The molecule has 5 rings (SSSR count). The van der Waals surface area contributed by atoms with Gasteiger partial charge in [0.1, 0.15) is 0 Å². The molecule has 6 heteroatoms. The van der Waals surface area contributed by atoms with E-state index in [2.05, 4.69) is 11.4 Å². The fraction of sp³-hybridized carbons (Fsp3) is 0.294. The minimum Gasteiger partial charge on any atom is -0.493 e. The number of esters is 1. The van der Waals surface area contributed by atoms with Crippen LogP contribution in [0.1, 0.15) is 53.9 Å². The zero-order chi connectivity index (χ0) is 28.2. The molecule has 0 fully saturated rings. The van der Waals surface area contributed by atoms with Gasteiger partial charge in [-0.1, -0.05) is 66.2 Å². The van der Waals surface area contributed by atoms with Crippen molar-refractivity contribution in [2.75, 3.05) is 20.8 Å². The highest BCUT2D eigenvalue weighted by molar-refractivity contribution is 6.04. The first kappa shape index (κ1) is 27.3. The third-order valence-corrected chi connectivity index (χ3v) is 7.77. The molecule has 1 aliphatic heterocycles. The van der Waals surface area contributed by atoms with E-state index in [1.165, 1.54) is 0 Å². The molecule has 3 aromatic rings. The Morgan fingerprint density at radius 2 is 1.65 bits per heavy atom. The second-order valence-electron chi connectivity index (χ2n) is 10.4. The summed E-state index contributed by atoms with van der Waals surface area (Å²) < 4.78 is 16.7. The number of carbonyl (C=O) groups is 2. The molecular formula is C34H35NO5. The number of nitrogens with one attached hydrogen (secondary N) is 1. The number of hydrogen-bond donors (Lipinski definition) is 1. The van der Waals surface area contributed by atoms with Crippen LogP contribution in [-0.2, 0) is 20.7 Å². The largest absolute Gasteiger partial charge is 0.493 e. The Kier molecular flexibility index (Phi) is 8.06. The molecule has 0 bridgehead atoms. The summed E-state index contributed by atoms with van der Waals surface area (Å²) in [6.45, 7) is 4.18. The van der Waals surface area contributed by atoms with Crippen LogP contribution in [0.25, 0.3) is 0 Å². The molecule has 206 valence electrons. The maximum absolute atomic E-state index is 13.9. The maximum Gasteiger partial charge on any atom is 0.336 e. The van der Waals surface area contributed by atoms with Gasteiger partial charge in [0.2, 0.25) is 0 Å². The van der Waals surface area contributed by atoms with Crippen LogP contribution in [0.2, 0.25) is 0 Å². The third kappa shape index (κ3) is 5.53. The molecule has 6 nitrogen and oxygen atoms in total. The summed E-state index contributed by atoms with van der Waals surface area (Å²) >= 11 is 0. The van der Waals surface area contributed by atoms with Gasteiger partial charge in [-0.25, -0.2) is 4.79 Å². The summed E-state index contributed by atoms with van der Waals surface area (Å²) in [5.74, 6) is 0.412. The van der Waals surface area contributed by atoms with Gasteiger partial charge >= 0.3 is 5.97 Å². The lowest BCUT2D eigenvalue weighted by Gasteiger charge is -2.37. The van der Waals surface area contributed by atoms with E-state index in [0.29, 0.717) is 41.9 Å². The molecule has 0 unspecified atom stereocenters. The highest BCUT2D eigenvalue weighted by Gasteiger charge is 2.41. The zero-order valence-corrected chi connectivity index (χ0v) is 23.5. The van der Waals surface area contributed by atoms with Crippen molar-refractivity contribution in [3.8, 4) is 11.5 Å². The molecule has 1 N–H and O–H groups in total. The lowest BCUT2D eigenvalue weighted by molar-refractivity contribution is -0.139. The minimum atomic E-state index is -0.487. The lowest BCUT2D eigenvalue weighted by Crippen LogP contribution is -2.36. The molecule has 0 saturated carbocycles. The van der Waals surface area contributed by atoms with Crippen LogP contribution in [0.4, 0.5) is 0 Å². The topological polar surface area (TPSA) is 73.9 Å². The predicted octanol–water partition coefficient (Wildman–Crippen LogP) is 6.16. The number of ether oxygens (including phenoxy) is 3. The van der Waals surface area contributed by atoms with E-state index in [9.17, 15) is 9.59 Å². The molecule has 0 spiro atoms. The van der Waals surface area contributed by atoms with Gasteiger partial charge in [-0.05, 0) is 55.0 Å². The van der Waals surface area contributed by atoms with E-state index in [1.807, 2.05) is 80.6 Å². The average Bonchev–Trinajstić information content (AvgIpc) is 2.96. The molecule has 1 aliphatic carbocycles. The first-order valence-electron chi connectivity index (χ1n) is 13.6. The summed E-state index contributed by atoms with van der Waals surface area (Å²) in [5, 5.41) is 3.43. The van der Waals surface area contributed by atoms with Crippen LogP contribution in [0, 0.1) is 6.92 Å². The smallest absolute Gasteiger partial charge is 0.336 e. The number of Topliss-reactive ketones (excluding diaryl/α,β-unsaturated/α-hetero) is 1. The van der Waals surface area contributed by atoms with E-state index in [1.54, 1.807) is 14.2 Å². The lowest BCUT2D eigenvalue weighted by atomic mass is 9.71. The average molecular weight is 538 g/mol. The van der Waals surface area contributed by atoms with Crippen molar-refractivity contribution in [3.63, 3.8) is 0 Å². The molecule has 3 aromatic carbocycles. The van der Waals surface area contributed by atoms with Crippen molar-refractivity contribution in [1.82, 2.24) is 5.32 Å². The zero-order valence-electron chi connectivity index (χ0n) is 23.5. The SMILES string of the molecule is COc1ccc([C@@H]2CC(=O)C3=C(C2)NC(C)=C(C(=O)OCCc2ccccc2)[C@@H]3c2cccc(C)c2)cc1OC. The summed E-state index contributed by atoms with van der Waals surface area (Å²) in [6.07, 6.45) is 1.61. The van der Waals surface area contributed by atoms with Gasteiger partial charge < -0.3 is 19.5 Å². The molecule has 40 heavy (non-hydrogen) atoms. The van der Waals surface area contributed by atoms with Crippen LogP contribution in [0.5, 0.6) is 11.5 Å². The van der Waals surface area contributed by atoms with Gasteiger partial charge in [0.25, 0.3) is 0 Å². The number of ketones is 1. The van der Waals surface area contributed by atoms with Crippen molar-refractivity contribution in [2.45, 2.75) is 44.9 Å². The number of aryl methyl sites for hydroxylation is 1. The number of rotatable bonds is 8. The van der Waals surface area contributed by atoms with E-state index in [0.717, 1.165) is 33.6 Å². The van der Waals surface area contributed by atoms with Gasteiger partial charge in [-0.2, -0.15) is 0 Å². The summed E-state index contributed by atoms with van der Waals surface area (Å²) in [6, 6.07) is 23.8. The molecular weight excluding hydrogens is 502 g/mol. The second-order valence-corrected chi connectivity index (χ2v) is 10.4. The number of dihydropyridines is 1. The van der Waals surface area contributed by atoms with Crippen LogP contribution in [0.15, 0.2) is 95.3 Å². The first-order chi connectivity index (χ1) is 19.4. The summed E-state index contributed by atoms with van der Waals surface area (Å²) in [5.41, 5.74) is 6.83. The fourth-order valence-corrected chi connectivity index (χ4v) is 5.82. The quantitative estimate of drug-likeness (QED) is 0.347. The summed E-state index contributed by atoms with van der Waals surface area (Å²) in [7, 11) is 3.22. The van der Waals surface area contributed by atoms with Crippen LogP contribution in [-0.4, -0.2) is 32.6 Å². The Balaban J connectivity index is 1.46. The molecule has 0 aromatic heterocycles. The molecule has 0 amide bonds. The monoisotopic (exact) mass is 537 g/mol. The molecule has 0 radical (unpaired) electrons. The summed E-state index contributed by atoms with van der Waals surface area (Å²) in [4.78, 5) is 27.5. The number of carbonyl (C=O) groups excluding carboxylic acids is 2. The standard InChI is InChI=1S/C34H35NO5/c1-21-9-8-12-25(17-21)32-31(34(37)40-16-15-23-10-6-5-7-11-23)22(2)35-27-18-26(19-28(36)33(27)32)24-13-14-29(38-3)30(20-24)39-4/h5-14,17,20,26,32,35H,15-16,18-19H2,1-4H3/t26-,32-/m0/s1. The number of allylic oxidation sites excluding steroid dienone is 3. The van der Waals surface area contributed by atoms with Crippen molar-refractivity contribution < 1.29 is 23.8 Å².